The smallest absolute Gasteiger partial charge is 0.302 e. The van der Waals surface area contributed by atoms with Crippen molar-refractivity contribution in [2.75, 3.05) is 23.9 Å². The molecule has 9 heteroatoms. The van der Waals surface area contributed by atoms with Crippen LogP contribution < -0.4 is 0 Å². The molecule has 0 radical (unpaired) electrons. The maximum atomic E-state index is 11.3. The largest absolute Gasteiger partial charge is 0.472 e. The van der Waals surface area contributed by atoms with Gasteiger partial charge in [0.1, 0.15) is 0 Å². The average molecular weight is 498 g/mol. The van der Waals surface area contributed by atoms with E-state index in [1.165, 1.54) is 0 Å². The zero-order valence-electron chi connectivity index (χ0n) is 7.61. The molecule has 92 valence electrons. The topological polar surface area (TPSA) is 55.8 Å². The maximum Gasteiger partial charge on any atom is 0.472 e. The molecule has 15 heavy (non-hydrogen) atoms. The summed E-state index contributed by atoms with van der Waals surface area (Å²) in [6.45, 7) is 0.223. The standard InChI is InChI=1S/C6H11Br4O4P/c7-1-5(9)3-13-15(11,12)14-4-6(10)2-8/h5-6H,1-4H2,(H,11,12)/t5-,6-/m1/s1. The lowest BCUT2D eigenvalue weighted by atomic mass is 10.5. The molecule has 0 aliphatic carbocycles. The molecule has 0 aromatic heterocycles. The zero-order valence-corrected chi connectivity index (χ0v) is 14.9. The van der Waals surface area contributed by atoms with Crippen molar-refractivity contribution in [1.29, 1.82) is 0 Å². The lowest BCUT2D eigenvalue weighted by molar-refractivity contribution is 0.154. The normalized spacial score (nSPS) is 16.3. The second-order valence-corrected chi connectivity index (χ2v) is 7.90. The van der Waals surface area contributed by atoms with Crippen LogP contribution in [0, 0.1) is 0 Å². The summed E-state index contributed by atoms with van der Waals surface area (Å²) in [5.74, 6) is 0. The molecule has 0 rings (SSSR count). The van der Waals surface area contributed by atoms with Crippen LogP contribution >= 0.6 is 71.5 Å². The number of phosphoric ester groups is 1. The summed E-state index contributed by atoms with van der Waals surface area (Å²) < 4.78 is 20.8. The van der Waals surface area contributed by atoms with Crippen LogP contribution in [-0.4, -0.2) is 38.4 Å². The molecule has 0 aromatic carbocycles. The Hall–Kier alpha value is 2.03. The first-order valence-electron chi connectivity index (χ1n) is 3.93. The fourth-order valence-corrected chi connectivity index (χ4v) is 2.33. The van der Waals surface area contributed by atoms with Gasteiger partial charge in [-0.3, -0.25) is 9.05 Å². The van der Waals surface area contributed by atoms with Crippen molar-refractivity contribution in [2.45, 2.75) is 9.65 Å². The van der Waals surface area contributed by atoms with Crippen molar-refractivity contribution in [2.24, 2.45) is 0 Å². The molecule has 0 aliphatic rings. The molecular formula is C6H11Br4O4P. The minimum Gasteiger partial charge on any atom is -0.302 e. The first-order valence-corrected chi connectivity index (χ1v) is 9.50. The lowest BCUT2D eigenvalue weighted by Crippen LogP contribution is -2.12. The van der Waals surface area contributed by atoms with Crippen LogP contribution in [0.15, 0.2) is 0 Å². The fraction of sp³-hybridized carbons (Fsp3) is 1.00. The predicted octanol–water partition coefficient (Wildman–Crippen LogP) is 3.44. The van der Waals surface area contributed by atoms with E-state index >= 15 is 0 Å². The fourth-order valence-electron chi connectivity index (χ4n) is 0.476. The van der Waals surface area contributed by atoms with Gasteiger partial charge in [0.15, 0.2) is 0 Å². The number of rotatable bonds is 8. The second kappa shape index (κ2) is 9.03. The molecule has 4 nitrogen and oxygen atoms in total. The predicted molar refractivity (Wildman–Crippen MR) is 74.7 cm³/mol. The summed E-state index contributed by atoms with van der Waals surface area (Å²) in [6, 6.07) is 0. The number of halogens is 4. The first kappa shape index (κ1) is 17.0. The van der Waals surface area contributed by atoms with Crippen LogP contribution in [0.2, 0.25) is 0 Å². The summed E-state index contributed by atoms with van der Waals surface area (Å²) in [4.78, 5) is 9.21. The van der Waals surface area contributed by atoms with Gasteiger partial charge in [0, 0.05) is 20.3 Å². The van der Waals surface area contributed by atoms with E-state index in [2.05, 4.69) is 63.7 Å². The minimum atomic E-state index is -3.93. The van der Waals surface area contributed by atoms with Gasteiger partial charge in [-0.1, -0.05) is 63.7 Å². The third-order valence-electron chi connectivity index (χ3n) is 1.17. The Balaban J connectivity index is 3.81. The van der Waals surface area contributed by atoms with Crippen LogP contribution in [0.25, 0.3) is 0 Å². The van der Waals surface area contributed by atoms with Crippen LogP contribution in [0.3, 0.4) is 0 Å². The van der Waals surface area contributed by atoms with E-state index in [1.807, 2.05) is 0 Å². The summed E-state index contributed by atoms with van der Waals surface area (Å²) >= 11 is 12.9. The van der Waals surface area contributed by atoms with Gasteiger partial charge in [-0.15, -0.1) is 0 Å². The van der Waals surface area contributed by atoms with Gasteiger partial charge < -0.3 is 4.89 Å². The van der Waals surface area contributed by atoms with Crippen LogP contribution in [0.5, 0.6) is 0 Å². The Morgan fingerprint density at radius 2 is 1.40 bits per heavy atom. The van der Waals surface area contributed by atoms with Crippen LogP contribution in [0.1, 0.15) is 0 Å². The number of phosphoric acid groups is 1. The molecule has 0 fully saturated rings. The summed E-state index contributed by atoms with van der Waals surface area (Å²) in [5, 5.41) is 1.27. The number of alkyl halides is 4. The zero-order chi connectivity index (χ0) is 11.9. The van der Waals surface area contributed by atoms with Crippen molar-refractivity contribution in [3.63, 3.8) is 0 Å². The van der Waals surface area contributed by atoms with Crippen molar-refractivity contribution in [3.05, 3.63) is 0 Å². The molecule has 0 amide bonds. The Morgan fingerprint density at radius 1 is 1.07 bits per heavy atom. The van der Waals surface area contributed by atoms with E-state index in [1.54, 1.807) is 0 Å². The van der Waals surface area contributed by atoms with Crippen molar-refractivity contribution < 1.29 is 18.5 Å². The van der Waals surface area contributed by atoms with E-state index in [0.717, 1.165) is 0 Å². The van der Waals surface area contributed by atoms with Crippen molar-refractivity contribution >= 4 is 71.5 Å². The summed E-state index contributed by atoms with van der Waals surface area (Å²) in [5.41, 5.74) is 0. The quantitative estimate of drug-likeness (QED) is 0.412. The highest BCUT2D eigenvalue weighted by Crippen LogP contribution is 2.44. The van der Waals surface area contributed by atoms with Crippen LogP contribution in [0.4, 0.5) is 0 Å². The second-order valence-electron chi connectivity index (χ2n) is 2.56. The highest BCUT2D eigenvalue weighted by molar-refractivity contribution is 9.12. The SMILES string of the molecule is O=P(O)(OC[C@H](Br)CBr)OC[C@H](Br)CBr. The molecular weight excluding hydrogens is 487 g/mol. The molecule has 2 atom stereocenters. The highest BCUT2D eigenvalue weighted by Gasteiger charge is 2.23. The minimum absolute atomic E-state index is 0.0162. The van der Waals surface area contributed by atoms with Gasteiger partial charge in [-0.25, -0.2) is 4.57 Å². The first-order chi connectivity index (χ1) is 6.91. The third-order valence-corrected chi connectivity index (χ3v) is 6.60. The van der Waals surface area contributed by atoms with Gasteiger partial charge in [0.05, 0.1) is 13.2 Å². The molecule has 0 spiro atoms. The number of hydrogen-bond donors (Lipinski definition) is 1. The van der Waals surface area contributed by atoms with Gasteiger partial charge in [0.2, 0.25) is 0 Å². The van der Waals surface area contributed by atoms with E-state index in [4.69, 9.17) is 9.05 Å². The van der Waals surface area contributed by atoms with Gasteiger partial charge >= 0.3 is 7.82 Å². The molecule has 0 saturated heterocycles. The van der Waals surface area contributed by atoms with E-state index in [0.29, 0.717) is 10.7 Å². The molecule has 1 N–H and O–H groups in total. The Kier molecular flexibility index (Phi) is 10.2. The van der Waals surface area contributed by atoms with Gasteiger partial charge in [-0.2, -0.15) is 0 Å². The summed E-state index contributed by atoms with van der Waals surface area (Å²) in [7, 11) is -3.93. The maximum absolute atomic E-state index is 11.3. The van der Waals surface area contributed by atoms with E-state index in [-0.39, 0.29) is 22.9 Å². The molecule has 0 unspecified atom stereocenters. The monoisotopic (exact) mass is 494 g/mol. The molecule has 0 aromatic rings. The number of hydrogen-bond acceptors (Lipinski definition) is 3. The van der Waals surface area contributed by atoms with Gasteiger partial charge in [0.25, 0.3) is 0 Å². The van der Waals surface area contributed by atoms with Crippen LogP contribution in [-0.2, 0) is 13.6 Å². The highest BCUT2D eigenvalue weighted by atomic mass is 79.9. The Bertz CT molecular complexity index is 199. The molecule has 0 heterocycles. The lowest BCUT2D eigenvalue weighted by Gasteiger charge is -2.14. The van der Waals surface area contributed by atoms with E-state index in [9.17, 15) is 9.46 Å². The Labute approximate surface area is 123 Å². The molecule has 0 bridgehead atoms. The summed E-state index contributed by atoms with van der Waals surface area (Å²) in [6.07, 6.45) is 0. The Morgan fingerprint density at radius 3 is 1.67 bits per heavy atom. The van der Waals surface area contributed by atoms with E-state index < -0.39 is 7.82 Å². The molecule has 0 aliphatic heterocycles. The average Bonchev–Trinajstić information content (AvgIpc) is 2.22. The van der Waals surface area contributed by atoms with Gasteiger partial charge in [-0.05, 0) is 0 Å². The third kappa shape index (κ3) is 9.71. The molecule has 0 saturated carbocycles. The van der Waals surface area contributed by atoms with Crippen molar-refractivity contribution in [1.82, 2.24) is 0 Å². The van der Waals surface area contributed by atoms with Crippen molar-refractivity contribution in [3.8, 4) is 0 Å².